The number of nitrogens with one attached hydrogen (secondary N) is 2. The van der Waals surface area contributed by atoms with Crippen molar-refractivity contribution in [2.24, 2.45) is 0 Å². The summed E-state index contributed by atoms with van der Waals surface area (Å²) in [5.41, 5.74) is 5.44. The molecule has 0 aliphatic carbocycles. The summed E-state index contributed by atoms with van der Waals surface area (Å²) in [6.07, 6.45) is 5.22. The van der Waals surface area contributed by atoms with Gasteiger partial charge in [-0.15, -0.1) is 0 Å². The van der Waals surface area contributed by atoms with Gasteiger partial charge < -0.3 is 15.0 Å². The Labute approximate surface area is 270 Å². The molecular formula is C35H42ClN7O2. The van der Waals surface area contributed by atoms with Crippen LogP contribution in [-0.4, -0.2) is 73.9 Å². The molecule has 4 heterocycles. The van der Waals surface area contributed by atoms with Crippen molar-refractivity contribution in [1.29, 1.82) is 0 Å². The fourth-order valence-electron chi connectivity index (χ4n) is 6.23. The minimum atomic E-state index is -0.518. The van der Waals surface area contributed by atoms with Gasteiger partial charge in [-0.2, -0.15) is 5.10 Å². The van der Waals surface area contributed by atoms with E-state index in [2.05, 4.69) is 50.6 Å². The van der Waals surface area contributed by atoms with Gasteiger partial charge in [0.05, 0.1) is 5.69 Å². The number of hydrogen-bond acceptors (Lipinski definition) is 7. The van der Waals surface area contributed by atoms with E-state index in [0.717, 1.165) is 73.5 Å². The number of anilines is 1. The van der Waals surface area contributed by atoms with Crippen LogP contribution in [0, 0.1) is 0 Å². The summed E-state index contributed by atoms with van der Waals surface area (Å²) in [6, 6.07) is 20.6. The molecule has 0 unspecified atom stereocenters. The molecule has 2 aromatic carbocycles. The number of carbonyl (C=O) groups is 1. The number of ether oxygens (including phenoxy) is 1. The van der Waals surface area contributed by atoms with E-state index in [1.165, 1.54) is 5.56 Å². The molecule has 2 aromatic heterocycles. The standard InChI is InChI=1S/C35H42ClN7O2/c1-35(2,3)45-34(44)43-21-14-26(15-22-43)32-30(31(40-41-32)25-9-11-27(36)12-10-25)29-13-18-37-33(39-29)38-28-16-19-42(20-17-28)23-24-7-5-4-6-8-24/h4-13,18,26,28H,14-17,19-23H2,1-3H3,(H,40,41)(H,37,38,39). The van der Waals surface area contributed by atoms with Crippen LogP contribution in [0.2, 0.25) is 5.02 Å². The monoisotopic (exact) mass is 627 g/mol. The Morgan fingerprint density at radius 3 is 2.38 bits per heavy atom. The number of H-pyrrole nitrogens is 1. The van der Waals surface area contributed by atoms with Crippen molar-refractivity contribution in [2.75, 3.05) is 31.5 Å². The number of nitrogens with zero attached hydrogens (tertiary/aromatic N) is 5. The van der Waals surface area contributed by atoms with Crippen LogP contribution in [0.1, 0.15) is 63.6 Å². The lowest BCUT2D eigenvalue weighted by molar-refractivity contribution is 0.0204. The number of rotatable bonds is 7. The Morgan fingerprint density at radius 1 is 0.978 bits per heavy atom. The molecule has 45 heavy (non-hydrogen) atoms. The molecule has 0 spiro atoms. The van der Waals surface area contributed by atoms with Crippen molar-refractivity contribution in [3.63, 3.8) is 0 Å². The lowest BCUT2D eigenvalue weighted by Gasteiger charge is -2.33. The van der Waals surface area contributed by atoms with Gasteiger partial charge >= 0.3 is 6.09 Å². The topological polar surface area (TPSA) is 99.3 Å². The third kappa shape index (κ3) is 7.83. The predicted octanol–water partition coefficient (Wildman–Crippen LogP) is 7.38. The number of piperidine rings is 2. The molecule has 9 nitrogen and oxygen atoms in total. The molecule has 0 saturated carbocycles. The van der Waals surface area contributed by atoms with Crippen LogP contribution < -0.4 is 5.32 Å². The van der Waals surface area contributed by atoms with Crippen LogP contribution in [0.25, 0.3) is 22.5 Å². The maximum atomic E-state index is 12.7. The van der Waals surface area contributed by atoms with Gasteiger partial charge in [0.25, 0.3) is 0 Å². The highest BCUT2D eigenvalue weighted by Gasteiger charge is 2.31. The molecule has 1 amide bonds. The van der Waals surface area contributed by atoms with Crippen LogP contribution in [0.15, 0.2) is 66.9 Å². The maximum Gasteiger partial charge on any atom is 0.410 e. The summed E-state index contributed by atoms with van der Waals surface area (Å²) in [5, 5.41) is 12.4. The normalized spacial score (nSPS) is 16.9. The van der Waals surface area contributed by atoms with Gasteiger partial charge in [-0.25, -0.2) is 14.8 Å². The highest BCUT2D eigenvalue weighted by Crippen LogP contribution is 2.40. The summed E-state index contributed by atoms with van der Waals surface area (Å²) in [5.74, 6) is 0.815. The molecular weight excluding hydrogens is 586 g/mol. The van der Waals surface area contributed by atoms with Gasteiger partial charge in [0.1, 0.15) is 11.3 Å². The zero-order valence-electron chi connectivity index (χ0n) is 26.3. The van der Waals surface area contributed by atoms with Crippen molar-refractivity contribution in [3.05, 3.63) is 83.1 Å². The zero-order valence-corrected chi connectivity index (χ0v) is 27.1. The summed E-state index contributed by atoms with van der Waals surface area (Å²) >= 11 is 6.22. The van der Waals surface area contributed by atoms with Crippen molar-refractivity contribution in [3.8, 4) is 22.5 Å². The Kier molecular flexibility index (Phi) is 9.37. The van der Waals surface area contributed by atoms with Gasteiger partial charge in [-0.1, -0.05) is 54.1 Å². The number of hydrogen-bond donors (Lipinski definition) is 2. The lowest BCUT2D eigenvalue weighted by atomic mass is 9.89. The van der Waals surface area contributed by atoms with Crippen LogP contribution in [0.3, 0.4) is 0 Å². The van der Waals surface area contributed by atoms with Crippen molar-refractivity contribution >= 4 is 23.6 Å². The van der Waals surface area contributed by atoms with E-state index in [4.69, 9.17) is 26.4 Å². The van der Waals surface area contributed by atoms with Gasteiger partial charge in [0, 0.05) is 72.7 Å². The molecule has 236 valence electrons. The van der Waals surface area contributed by atoms with Crippen LogP contribution in [0.5, 0.6) is 0 Å². The van der Waals surface area contributed by atoms with Gasteiger partial charge in [0.2, 0.25) is 5.95 Å². The van der Waals surface area contributed by atoms with Crippen molar-refractivity contribution in [2.45, 2.75) is 70.6 Å². The third-order valence-electron chi connectivity index (χ3n) is 8.55. The Morgan fingerprint density at radius 2 is 1.69 bits per heavy atom. The van der Waals surface area contributed by atoms with E-state index in [0.29, 0.717) is 30.1 Å². The lowest BCUT2D eigenvalue weighted by Crippen LogP contribution is -2.41. The van der Waals surface area contributed by atoms with Gasteiger partial charge in [-0.05, 0) is 70.2 Å². The fraction of sp³-hybridized carbons (Fsp3) is 0.429. The van der Waals surface area contributed by atoms with Crippen LogP contribution in [0.4, 0.5) is 10.7 Å². The molecule has 0 bridgehead atoms. The average molecular weight is 628 g/mol. The molecule has 2 N–H and O–H groups in total. The van der Waals surface area contributed by atoms with E-state index >= 15 is 0 Å². The van der Waals surface area contributed by atoms with E-state index in [-0.39, 0.29) is 12.0 Å². The second kappa shape index (κ2) is 13.6. The maximum absolute atomic E-state index is 12.7. The van der Waals surface area contributed by atoms with E-state index in [1.54, 1.807) is 4.90 Å². The third-order valence-corrected chi connectivity index (χ3v) is 8.80. The summed E-state index contributed by atoms with van der Waals surface area (Å²) in [7, 11) is 0. The molecule has 2 saturated heterocycles. The van der Waals surface area contributed by atoms with Gasteiger partial charge in [-0.3, -0.25) is 10.00 Å². The van der Waals surface area contributed by atoms with Crippen LogP contribution in [-0.2, 0) is 11.3 Å². The first-order valence-corrected chi connectivity index (χ1v) is 16.3. The number of amides is 1. The molecule has 10 heteroatoms. The number of aromatic nitrogens is 4. The minimum absolute atomic E-state index is 0.188. The quantitative estimate of drug-likeness (QED) is 0.221. The first-order chi connectivity index (χ1) is 21.7. The summed E-state index contributed by atoms with van der Waals surface area (Å²) < 4.78 is 5.62. The zero-order chi connectivity index (χ0) is 31.4. The number of aromatic amines is 1. The van der Waals surface area contributed by atoms with Crippen LogP contribution >= 0.6 is 11.6 Å². The molecule has 2 fully saturated rings. The Hall–Kier alpha value is -3.95. The van der Waals surface area contributed by atoms with E-state index in [9.17, 15) is 4.79 Å². The van der Waals surface area contributed by atoms with E-state index in [1.807, 2.05) is 57.3 Å². The minimum Gasteiger partial charge on any atom is -0.444 e. The average Bonchev–Trinajstić information content (AvgIpc) is 3.48. The summed E-state index contributed by atoms with van der Waals surface area (Å²) in [4.78, 5) is 26.7. The summed E-state index contributed by atoms with van der Waals surface area (Å²) in [6.45, 7) is 9.96. The SMILES string of the molecule is CC(C)(C)OC(=O)N1CCC(c2[nH]nc(-c3ccc(Cl)cc3)c2-c2ccnc(NC3CCN(Cc4ccccc4)CC3)n2)CC1. The van der Waals surface area contributed by atoms with E-state index < -0.39 is 5.60 Å². The number of halogens is 1. The largest absolute Gasteiger partial charge is 0.444 e. The highest BCUT2D eigenvalue weighted by atomic mass is 35.5. The first kappa shape index (κ1) is 31.0. The molecule has 6 rings (SSSR count). The predicted molar refractivity (Wildman–Crippen MR) is 178 cm³/mol. The number of carbonyl (C=O) groups excluding carboxylic acids is 1. The molecule has 0 atom stereocenters. The second-order valence-electron chi connectivity index (χ2n) is 13.1. The van der Waals surface area contributed by atoms with Crippen molar-refractivity contribution < 1.29 is 9.53 Å². The highest BCUT2D eigenvalue weighted by molar-refractivity contribution is 6.30. The number of likely N-dealkylation sites (tertiary alicyclic amines) is 2. The second-order valence-corrected chi connectivity index (χ2v) is 13.5. The number of benzene rings is 2. The molecule has 0 radical (unpaired) electrons. The first-order valence-electron chi connectivity index (χ1n) is 15.9. The smallest absolute Gasteiger partial charge is 0.410 e. The fourth-order valence-corrected chi connectivity index (χ4v) is 6.36. The molecule has 2 aliphatic heterocycles. The Bertz CT molecular complexity index is 1570. The van der Waals surface area contributed by atoms with Gasteiger partial charge in [0.15, 0.2) is 0 Å². The van der Waals surface area contributed by atoms with Crippen molar-refractivity contribution in [1.82, 2.24) is 30.0 Å². The molecule has 2 aliphatic rings. The molecule has 4 aromatic rings. The Balaban J connectivity index is 1.19.